The van der Waals surface area contributed by atoms with Crippen LogP contribution in [0.4, 0.5) is 4.39 Å². The molecule has 2 N–H and O–H groups in total. The van der Waals surface area contributed by atoms with Crippen molar-refractivity contribution < 1.29 is 18.4 Å². The molecule has 0 fully saturated rings. The maximum atomic E-state index is 13.5. The minimum Gasteiger partial charge on any atom is -0.408 e. The van der Waals surface area contributed by atoms with E-state index in [2.05, 4.69) is 10.6 Å². The summed E-state index contributed by atoms with van der Waals surface area (Å²) >= 11 is 0. The van der Waals surface area contributed by atoms with Crippen molar-refractivity contribution in [3.8, 4) is 0 Å². The van der Waals surface area contributed by atoms with Crippen LogP contribution in [0, 0.1) is 12.7 Å². The number of hydrogen-bond donors (Lipinski definition) is 2. The molecule has 0 aliphatic carbocycles. The second-order valence-corrected chi connectivity index (χ2v) is 5.99. The summed E-state index contributed by atoms with van der Waals surface area (Å²) in [7, 11) is 0. The molecule has 2 amide bonds. The number of fused-ring (bicyclic) bond motifs is 1. The van der Waals surface area contributed by atoms with Crippen molar-refractivity contribution in [2.24, 2.45) is 0 Å². The molecule has 3 aromatic rings. The van der Waals surface area contributed by atoms with Crippen LogP contribution >= 0.6 is 0 Å². The molecule has 8 heteroatoms. The van der Waals surface area contributed by atoms with E-state index in [1.165, 1.54) is 22.8 Å². The number of oxazole rings is 1. The number of amides is 2. The van der Waals surface area contributed by atoms with Gasteiger partial charge in [0.05, 0.1) is 5.52 Å². The number of hydrogen-bond acceptors (Lipinski definition) is 4. The molecular formula is C19H18FN3O4. The second-order valence-electron chi connectivity index (χ2n) is 5.99. The van der Waals surface area contributed by atoms with Gasteiger partial charge in [0.25, 0.3) is 5.91 Å². The van der Waals surface area contributed by atoms with E-state index in [0.29, 0.717) is 16.7 Å². The summed E-state index contributed by atoms with van der Waals surface area (Å²) in [6.07, 6.45) is 0. The van der Waals surface area contributed by atoms with Crippen molar-refractivity contribution in [2.75, 3.05) is 13.1 Å². The molecule has 0 unspecified atom stereocenters. The van der Waals surface area contributed by atoms with Gasteiger partial charge in [0.1, 0.15) is 12.4 Å². The maximum Gasteiger partial charge on any atom is 0.420 e. The van der Waals surface area contributed by atoms with Gasteiger partial charge in [-0.05, 0) is 36.8 Å². The van der Waals surface area contributed by atoms with E-state index >= 15 is 0 Å². The lowest BCUT2D eigenvalue weighted by Gasteiger charge is -2.08. The molecule has 2 aromatic carbocycles. The third-order valence-electron chi connectivity index (χ3n) is 4.04. The fourth-order valence-electron chi connectivity index (χ4n) is 2.58. The predicted molar refractivity (Wildman–Crippen MR) is 97.0 cm³/mol. The normalized spacial score (nSPS) is 10.7. The van der Waals surface area contributed by atoms with Gasteiger partial charge in [-0.25, -0.2) is 9.18 Å². The van der Waals surface area contributed by atoms with Gasteiger partial charge in [-0.15, -0.1) is 0 Å². The number of carbonyl (C=O) groups is 2. The Morgan fingerprint density at radius 3 is 2.63 bits per heavy atom. The first kappa shape index (κ1) is 18.4. The lowest BCUT2D eigenvalue weighted by atomic mass is 10.1. The average molecular weight is 371 g/mol. The van der Waals surface area contributed by atoms with Gasteiger partial charge in [0.15, 0.2) is 5.58 Å². The molecule has 0 atom stereocenters. The summed E-state index contributed by atoms with van der Waals surface area (Å²) < 4.78 is 19.8. The zero-order valence-corrected chi connectivity index (χ0v) is 14.6. The molecule has 0 saturated heterocycles. The van der Waals surface area contributed by atoms with Crippen molar-refractivity contribution in [1.82, 2.24) is 15.2 Å². The quantitative estimate of drug-likeness (QED) is 0.644. The second kappa shape index (κ2) is 7.86. The summed E-state index contributed by atoms with van der Waals surface area (Å²) in [6, 6.07) is 11.0. The highest BCUT2D eigenvalue weighted by Gasteiger charge is 2.12. The lowest BCUT2D eigenvalue weighted by Crippen LogP contribution is -2.37. The molecule has 0 radical (unpaired) electrons. The highest BCUT2D eigenvalue weighted by Crippen LogP contribution is 2.11. The Morgan fingerprint density at radius 1 is 1.11 bits per heavy atom. The first-order valence-electron chi connectivity index (χ1n) is 8.35. The van der Waals surface area contributed by atoms with Gasteiger partial charge in [-0.3, -0.25) is 14.2 Å². The molecule has 0 spiro atoms. The number of para-hydroxylation sites is 2. The monoisotopic (exact) mass is 371 g/mol. The molecule has 1 heterocycles. The summed E-state index contributed by atoms with van der Waals surface area (Å²) in [4.78, 5) is 35.8. The highest BCUT2D eigenvalue weighted by molar-refractivity contribution is 5.94. The zero-order valence-electron chi connectivity index (χ0n) is 14.6. The van der Waals surface area contributed by atoms with Crippen LogP contribution in [-0.2, 0) is 11.3 Å². The van der Waals surface area contributed by atoms with E-state index in [1.54, 1.807) is 31.2 Å². The SMILES string of the molecule is Cc1ccc(C(=O)NCCNC(=O)Cn2c(=O)oc3ccccc32)cc1F. The molecule has 140 valence electrons. The van der Waals surface area contributed by atoms with Gasteiger partial charge in [0, 0.05) is 18.7 Å². The zero-order chi connectivity index (χ0) is 19.4. The van der Waals surface area contributed by atoms with Crippen LogP contribution in [-0.4, -0.2) is 29.5 Å². The smallest absolute Gasteiger partial charge is 0.408 e. The number of nitrogens with zero attached hydrogens (tertiary/aromatic N) is 1. The number of carbonyl (C=O) groups excluding carboxylic acids is 2. The van der Waals surface area contributed by atoms with E-state index in [1.807, 2.05) is 0 Å². The van der Waals surface area contributed by atoms with E-state index in [-0.39, 0.29) is 31.1 Å². The first-order chi connectivity index (χ1) is 13.0. The fraction of sp³-hybridized carbons (Fsp3) is 0.211. The Bertz CT molecular complexity index is 1050. The van der Waals surface area contributed by atoms with Crippen LogP contribution in [0.15, 0.2) is 51.7 Å². The summed E-state index contributed by atoms with van der Waals surface area (Å²) in [6.45, 7) is 1.76. The Kier molecular flexibility index (Phi) is 5.35. The van der Waals surface area contributed by atoms with Crippen molar-refractivity contribution in [1.29, 1.82) is 0 Å². The number of aryl methyl sites for hydroxylation is 1. The largest absolute Gasteiger partial charge is 0.420 e. The third kappa shape index (κ3) is 4.22. The molecule has 0 aliphatic heterocycles. The molecule has 3 rings (SSSR count). The minimum atomic E-state index is -0.610. The van der Waals surface area contributed by atoms with Gasteiger partial charge < -0.3 is 15.1 Å². The summed E-state index contributed by atoms with van der Waals surface area (Å²) in [5.74, 6) is -1.88. The number of benzene rings is 2. The lowest BCUT2D eigenvalue weighted by molar-refractivity contribution is -0.121. The Hall–Kier alpha value is -3.42. The molecule has 0 saturated carbocycles. The van der Waals surface area contributed by atoms with E-state index in [4.69, 9.17) is 4.42 Å². The Morgan fingerprint density at radius 2 is 1.85 bits per heavy atom. The molecule has 0 bridgehead atoms. The summed E-state index contributed by atoms with van der Waals surface area (Å²) in [5.41, 5.74) is 1.61. The summed E-state index contributed by atoms with van der Waals surface area (Å²) in [5, 5.41) is 5.20. The Labute approximate surface area is 153 Å². The van der Waals surface area contributed by atoms with Crippen molar-refractivity contribution in [2.45, 2.75) is 13.5 Å². The van der Waals surface area contributed by atoms with E-state index in [9.17, 15) is 18.8 Å². The van der Waals surface area contributed by atoms with Crippen LogP contribution in [0.3, 0.4) is 0 Å². The van der Waals surface area contributed by atoms with E-state index in [0.717, 1.165) is 0 Å². The third-order valence-corrected chi connectivity index (χ3v) is 4.04. The van der Waals surface area contributed by atoms with Crippen LogP contribution in [0.1, 0.15) is 15.9 Å². The number of nitrogens with one attached hydrogen (secondary N) is 2. The molecule has 7 nitrogen and oxygen atoms in total. The minimum absolute atomic E-state index is 0.168. The fourth-order valence-corrected chi connectivity index (χ4v) is 2.58. The van der Waals surface area contributed by atoms with Crippen molar-refractivity contribution in [3.05, 3.63) is 70.0 Å². The maximum absolute atomic E-state index is 13.5. The molecular weight excluding hydrogens is 353 g/mol. The highest BCUT2D eigenvalue weighted by atomic mass is 19.1. The van der Waals surface area contributed by atoms with Crippen LogP contribution < -0.4 is 16.4 Å². The topological polar surface area (TPSA) is 93.3 Å². The molecule has 27 heavy (non-hydrogen) atoms. The number of halogens is 1. The Balaban J connectivity index is 1.49. The van der Waals surface area contributed by atoms with Crippen molar-refractivity contribution in [3.63, 3.8) is 0 Å². The van der Waals surface area contributed by atoms with Gasteiger partial charge in [-0.1, -0.05) is 18.2 Å². The molecule has 0 aliphatic rings. The first-order valence-corrected chi connectivity index (χ1v) is 8.35. The van der Waals surface area contributed by atoms with Gasteiger partial charge >= 0.3 is 5.76 Å². The van der Waals surface area contributed by atoms with Gasteiger partial charge in [-0.2, -0.15) is 0 Å². The van der Waals surface area contributed by atoms with Crippen LogP contribution in [0.2, 0.25) is 0 Å². The average Bonchev–Trinajstić information content (AvgIpc) is 2.96. The van der Waals surface area contributed by atoms with E-state index < -0.39 is 17.5 Å². The number of rotatable bonds is 6. The predicted octanol–water partition coefficient (Wildman–Crippen LogP) is 1.59. The van der Waals surface area contributed by atoms with Crippen LogP contribution in [0.25, 0.3) is 11.1 Å². The number of aromatic nitrogens is 1. The van der Waals surface area contributed by atoms with Crippen LogP contribution in [0.5, 0.6) is 0 Å². The van der Waals surface area contributed by atoms with Crippen molar-refractivity contribution >= 4 is 22.9 Å². The standard InChI is InChI=1S/C19H18FN3O4/c1-12-6-7-13(10-14(12)20)18(25)22-9-8-21-17(24)11-23-15-4-2-3-5-16(15)27-19(23)26/h2-7,10H,8-9,11H2,1H3,(H,21,24)(H,22,25). The molecule has 1 aromatic heterocycles. The van der Waals surface area contributed by atoms with Gasteiger partial charge in [0.2, 0.25) is 5.91 Å².